The van der Waals surface area contributed by atoms with E-state index in [2.05, 4.69) is 40.1 Å². The molecule has 0 bridgehead atoms. The van der Waals surface area contributed by atoms with Gasteiger partial charge in [-0.25, -0.2) is 0 Å². The van der Waals surface area contributed by atoms with Crippen molar-refractivity contribution in [2.75, 3.05) is 18.4 Å². The predicted octanol–water partition coefficient (Wildman–Crippen LogP) is 4.07. The van der Waals surface area contributed by atoms with Crippen LogP contribution in [0.4, 0.5) is 5.69 Å². The molecule has 2 aromatic carbocycles. The third-order valence-corrected chi connectivity index (χ3v) is 11.5. The summed E-state index contributed by atoms with van der Waals surface area (Å²) < 4.78 is 1.51. The number of aromatic nitrogens is 2. The van der Waals surface area contributed by atoms with Gasteiger partial charge in [0, 0.05) is 50.9 Å². The van der Waals surface area contributed by atoms with Crippen LogP contribution in [0.5, 0.6) is 0 Å². The van der Waals surface area contributed by atoms with Crippen LogP contribution in [0.15, 0.2) is 60.8 Å². The van der Waals surface area contributed by atoms with Crippen LogP contribution in [-0.4, -0.2) is 63.5 Å². The van der Waals surface area contributed by atoms with Gasteiger partial charge in [0.2, 0.25) is 17.7 Å². The zero-order chi connectivity index (χ0) is 32.9. The van der Waals surface area contributed by atoms with Gasteiger partial charge in [-0.1, -0.05) is 42.8 Å². The predicted molar refractivity (Wildman–Crippen MR) is 178 cm³/mol. The van der Waals surface area contributed by atoms with E-state index in [0.717, 1.165) is 43.2 Å². The summed E-state index contributed by atoms with van der Waals surface area (Å²) in [6, 6.07) is 16.6. The van der Waals surface area contributed by atoms with Crippen LogP contribution in [-0.2, 0) is 33.3 Å². The molecule has 4 aliphatic rings. The maximum Gasteiger partial charge on any atom is 0.270 e. The quantitative estimate of drug-likeness (QED) is 0.327. The first kappa shape index (κ1) is 31.1. The summed E-state index contributed by atoms with van der Waals surface area (Å²) in [7, 11) is 1.71. The minimum absolute atomic E-state index is 0.0447. The Kier molecular flexibility index (Phi) is 7.92. The van der Waals surface area contributed by atoms with Gasteiger partial charge in [0.25, 0.3) is 5.91 Å². The lowest BCUT2D eigenvalue weighted by atomic mass is 9.76. The Morgan fingerprint density at radius 2 is 1.70 bits per heavy atom. The second-order valence-corrected chi connectivity index (χ2v) is 14.3. The molecule has 2 unspecified atom stereocenters. The molecule has 10 heteroatoms. The van der Waals surface area contributed by atoms with Gasteiger partial charge in [0.15, 0.2) is 0 Å². The van der Waals surface area contributed by atoms with Crippen LogP contribution in [0, 0.1) is 11.3 Å². The number of nitrogens with one attached hydrogen (secondary N) is 3. The van der Waals surface area contributed by atoms with E-state index in [9.17, 15) is 19.2 Å². The van der Waals surface area contributed by atoms with Crippen molar-refractivity contribution < 1.29 is 19.2 Å². The number of nitrogens with zero attached hydrogens (tertiary/aromatic N) is 3. The van der Waals surface area contributed by atoms with E-state index in [1.165, 1.54) is 16.7 Å². The van der Waals surface area contributed by atoms with Gasteiger partial charge < -0.3 is 20.9 Å². The van der Waals surface area contributed by atoms with Gasteiger partial charge in [0.1, 0.15) is 11.7 Å². The lowest BCUT2D eigenvalue weighted by molar-refractivity contribution is -0.130. The molecule has 3 fully saturated rings. The van der Waals surface area contributed by atoms with E-state index in [1.807, 2.05) is 36.4 Å². The first-order chi connectivity index (χ1) is 22.6. The summed E-state index contributed by atoms with van der Waals surface area (Å²) in [5.41, 5.74) is 3.22. The molecule has 3 aromatic rings. The van der Waals surface area contributed by atoms with Crippen LogP contribution < -0.4 is 16.0 Å². The SMILES string of the molecule is CC(=O)N1CCC(C(=O)N[C@@H](C)C2CCC2)(c2ccc(NC(=O)[C@@H](NC(=O)c3ccnn3C)C3c4ccccc4CC34CC4)cc2)C1. The summed E-state index contributed by atoms with van der Waals surface area (Å²) in [6.07, 6.45) is 8.46. The number of benzene rings is 2. The summed E-state index contributed by atoms with van der Waals surface area (Å²) in [4.78, 5) is 55.7. The number of carbonyl (C=O) groups excluding carboxylic acids is 4. The Morgan fingerprint density at radius 3 is 2.32 bits per heavy atom. The van der Waals surface area contributed by atoms with E-state index in [-0.39, 0.29) is 41.0 Å². The van der Waals surface area contributed by atoms with Crippen molar-refractivity contribution in [2.45, 2.75) is 82.2 Å². The molecule has 2 heterocycles. The monoisotopic (exact) mass is 636 g/mol. The zero-order valence-electron chi connectivity index (χ0n) is 27.4. The molecular formula is C37H44N6O4. The molecule has 2 saturated carbocycles. The fraction of sp³-hybridized carbons (Fsp3) is 0.486. The summed E-state index contributed by atoms with van der Waals surface area (Å²) in [5.74, 6) is -0.392. The number of hydrogen-bond donors (Lipinski definition) is 3. The molecule has 47 heavy (non-hydrogen) atoms. The first-order valence-corrected chi connectivity index (χ1v) is 16.9. The molecule has 4 amide bonds. The second-order valence-electron chi connectivity index (χ2n) is 14.3. The fourth-order valence-electron chi connectivity index (χ4n) is 8.24. The van der Waals surface area contributed by atoms with Crippen molar-refractivity contribution in [3.63, 3.8) is 0 Å². The number of fused-ring (bicyclic) bond motifs is 1. The largest absolute Gasteiger partial charge is 0.353 e. The van der Waals surface area contributed by atoms with Gasteiger partial charge in [-0.15, -0.1) is 0 Å². The molecular weight excluding hydrogens is 592 g/mol. The molecule has 0 radical (unpaired) electrons. The Labute approximate surface area is 275 Å². The van der Waals surface area contributed by atoms with Crippen molar-refractivity contribution in [1.82, 2.24) is 25.3 Å². The summed E-state index contributed by atoms with van der Waals surface area (Å²) >= 11 is 0. The molecule has 3 aliphatic carbocycles. The molecule has 4 atom stereocenters. The average molecular weight is 637 g/mol. The number of amides is 4. The number of hydrogen-bond acceptors (Lipinski definition) is 5. The van der Waals surface area contributed by atoms with Gasteiger partial charge in [-0.2, -0.15) is 5.10 Å². The maximum atomic E-state index is 14.2. The third kappa shape index (κ3) is 5.61. The van der Waals surface area contributed by atoms with Gasteiger partial charge >= 0.3 is 0 Å². The minimum atomic E-state index is -0.863. The van der Waals surface area contributed by atoms with Crippen molar-refractivity contribution in [1.29, 1.82) is 0 Å². The number of aryl methyl sites for hydroxylation is 1. The van der Waals surface area contributed by atoms with Crippen molar-refractivity contribution in [3.8, 4) is 0 Å². The third-order valence-electron chi connectivity index (χ3n) is 11.5. The maximum absolute atomic E-state index is 14.2. The summed E-state index contributed by atoms with van der Waals surface area (Å²) in [5, 5.41) is 13.6. The van der Waals surface area contributed by atoms with Crippen LogP contribution in [0.2, 0.25) is 0 Å². The highest BCUT2D eigenvalue weighted by molar-refractivity contribution is 6.01. The normalized spacial score (nSPS) is 23.8. The smallest absolute Gasteiger partial charge is 0.270 e. The van der Waals surface area contributed by atoms with E-state index in [1.54, 1.807) is 31.1 Å². The molecule has 3 N–H and O–H groups in total. The van der Waals surface area contributed by atoms with Crippen molar-refractivity contribution in [2.24, 2.45) is 18.4 Å². The first-order valence-electron chi connectivity index (χ1n) is 16.9. The fourth-order valence-corrected chi connectivity index (χ4v) is 8.24. The molecule has 1 aromatic heterocycles. The average Bonchev–Trinajstić information content (AvgIpc) is 3.33. The lowest BCUT2D eigenvalue weighted by Gasteiger charge is -2.36. The Balaban J connectivity index is 1.15. The topological polar surface area (TPSA) is 125 Å². The zero-order valence-corrected chi connectivity index (χ0v) is 27.4. The number of rotatable bonds is 9. The van der Waals surface area contributed by atoms with E-state index in [0.29, 0.717) is 36.8 Å². The van der Waals surface area contributed by atoms with Gasteiger partial charge in [-0.3, -0.25) is 23.9 Å². The highest BCUT2D eigenvalue weighted by atomic mass is 16.2. The lowest BCUT2D eigenvalue weighted by Crippen LogP contribution is -2.51. The molecule has 1 spiro atoms. The highest BCUT2D eigenvalue weighted by Crippen LogP contribution is 2.64. The van der Waals surface area contributed by atoms with E-state index < -0.39 is 11.5 Å². The number of likely N-dealkylation sites (tertiary alicyclic amines) is 1. The van der Waals surface area contributed by atoms with Gasteiger partial charge in [-0.05, 0) is 91.7 Å². The van der Waals surface area contributed by atoms with E-state index >= 15 is 0 Å². The Bertz CT molecular complexity index is 1710. The molecule has 246 valence electrons. The van der Waals surface area contributed by atoms with Crippen LogP contribution in [0.1, 0.15) is 85.5 Å². The van der Waals surface area contributed by atoms with E-state index in [4.69, 9.17) is 0 Å². The van der Waals surface area contributed by atoms with Crippen LogP contribution in [0.25, 0.3) is 0 Å². The number of carbonyl (C=O) groups is 4. The molecule has 1 saturated heterocycles. The van der Waals surface area contributed by atoms with Gasteiger partial charge in [0.05, 0.1) is 5.41 Å². The van der Waals surface area contributed by atoms with Crippen LogP contribution in [0.3, 0.4) is 0 Å². The molecule has 10 nitrogen and oxygen atoms in total. The Morgan fingerprint density at radius 1 is 0.957 bits per heavy atom. The standard InChI is InChI=1S/C37H44N6O4/c1-23(25-8-6-9-25)39-35(47)37(18-20-43(22-37)24(2)44)27-11-13-28(14-12-27)40-34(46)32(41-33(45)30-15-19-38-42(30)3)31-29-10-5-4-7-26(29)21-36(31)16-17-36/h4-5,7,10-15,19,23,25,31-32H,6,8-9,16-18,20-22H2,1-3H3,(H,39,47)(H,40,46)(H,41,45)/t23-,31?,32-,37?/m0/s1. The van der Waals surface area contributed by atoms with Crippen molar-refractivity contribution >= 4 is 29.3 Å². The van der Waals surface area contributed by atoms with Crippen LogP contribution >= 0.6 is 0 Å². The Hall–Kier alpha value is -4.47. The highest BCUT2D eigenvalue weighted by Gasteiger charge is 2.58. The number of anilines is 1. The molecule has 1 aliphatic heterocycles. The second kappa shape index (κ2) is 12.0. The minimum Gasteiger partial charge on any atom is -0.353 e. The molecule has 7 rings (SSSR count). The summed E-state index contributed by atoms with van der Waals surface area (Å²) in [6.45, 7) is 4.45. The van der Waals surface area contributed by atoms with Crippen molar-refractivity contribution in [3.05, 3.63) is 83.2 Å².